The molecule has 0 radical (unpaired) electrons. The SMILES string of the molecule is CCOC(=O)CC1c2cc(OC)c(O)cc2C(c2ccc(O)c(OC)c2)C1C(=O)OCC. The summed E-state index contributed by atoms with van der Waals surface area (Å²) in [7, 11) is 2.87. The maximum atomic E-state index is 13.2. The van der Waals surface area contributed by atoms with Crippen LogP contribution < -0.4 is 9.47 Å². The first kappa shape index (κ1) is 23.2. The van der Waals surface area contributed by atoms with Crippen molar-refractivity contribution in [3.05, 3.63) is 47.0 Å². The second kappa shape index (κ2) is 9.80. The number of phenols is 2. The molecule has 0 aliphatic heterocycles. The number of aromatic hydroxyl groups is 2. The molecule has 0 bridgehead atoms. The maximum absolute atomic E-state index is 13.2. The minimum Gasteiger partial charge on any atom is -0.504 e. The van der Waals surface area contributed by atoms with E-state index in [4.69, 9.17) is 18.9 Å². The van der Waals surface area contributed by atoms with E-state index in [0.717, 1.165) is 0 Å². The summed E-state index contributed by atoms with van der Waals surface area (Å²) in [5.74, 6) is -2.39. The Labute approximate surface area is 186 Å². The Bertz CT molecular complexity index is 1000. The Morgan fingerprint density at radius 3 is 2.16 bits per heavy atom. The molecule has 3 rings (SSSR count). The Hall–Kier alpha value is -3.42. The van der Waals surface area contributed by atoms with Crippen LogP contribution in [0.5, 0.6) is 23.0 Å². The van der Waals surface area contributed by atoms with Gasteiger partial charge in [0, 0.05) is 11.8 Å². The van der Waals surface area contributed by atoms with E-state index in [1.54, 1.807) is 38.1 Å². The summed E-state index contributed by atoms with van der Waals surface area (Å²) in [6, 6.07) is 8.02. The Balaban J connectivity index is 2.22. The number of phenolic OH excluding ortho intramolecular Hbond substituents is 2. The van der Waals surface area contributed by atoms with Gasteiger partial charge < -0.3 is 29.2 Å². The highest BCUT2D eigenvalue weighted by atomic mass is 16.5. The van der Waals surface area contributed by atoms with E-state index in [2.05, 4.69) is 0 Å². The molecular formula is C24H28O8. The average Bonchev–Trinajstić information content (AvgIpc) is 3.06. The van der Waals surface area contributed by atoms with Crippen LogP contribution in [0.25, 0.3) is 0 Å². The summed E-state index contributed by atoms with van der Waals surface area (Å²) in [6.07, 6.45) is -0.0377. The fourth-order valence-electron chi connectivity index (χ4n) is 4.42. The first-order chi connectivity index (χ1) is 15.4. The van der Waals surface area contributed by atoms with Crippen LogP contribution in [-0.2, 0) is 19.1 Å². The highest BCUT2D eigenvalue weighted by Gasteiger charge is 2.48. The average molecular weight is 444 g/mol. The third-order valence-electron chi connectivity index (χ3n) is 5.73. The van der Waals surface area contributed by atoms with E-state index in [9.17, 15) is 19.8 Å². The smallest absolute Gasteiger partial charge is 0.310 e. The normalized spacial score (nSPS) is 19.2. The van der Waals surface area contributed by atoms with Crippen molar-refractivity contribution in [3.8, 4) is 23.0 Å². The van der Waals surface area contributed by atoms with Crippen molar-refractivity contribution in [3.63, 3.8) is 0 Å². The summed E-state index contributed by atoms with van der Waals surface area (Å²) < 4.78 is 21.1. The van der Waals surface area contributed by atoms with Gasteiger partial charge in [0.1, 0.15) is 0 Å². The predicted octanol–water partition coefficient (Wildman–Crippen LogP) is 3.48. The zero-order chi connectivity index (χ0) is 23.4. The summed E-state index contributed by atoms with van der Waals surface area (Å²) in [5.41, 5.74) is 2.04. The first-order valence-corrected chi connectivity index (χ1v) is 10.5. The van der Waals surface area contributed by atoms with Crippen molar-refractivity contribution < 1.29 is 38.7 Å². The van der Waals surface area contributed by atoms with Crippen molar-refractivity contribution in [2.75, 3.05) is 27.4 Å². The van der Waals surface area contributed by atoms with Gasteiger partial charge in [-0.3, -0.25) is 9.59 Å². The highest BCUT2D eigenvalue weighted by Crippen LogP contribution is 2.54. The van der Waals surface area contributed by atoms with Gasteiger partial charge in [-0.2, -0.15) is 0 Å². The van der Waals surface area contributed by atoms with Crippen LogP contribution in [0, 0.1) is 5.92 Å². The van der Waals surface area contributed by atoms with Gasteiger partial charge in [-0.25, -0.2) is 0 Å². The lowest BCUT2D eigenvalue weighted by Gasteiger charge is -2.24. The third kappa shape index (κ3) is 4.30. The van der Waals surface area contributed by atoms with Crippen LogP contribution in [-0.4, -0.2) is 49.6 Å². The number of rotatable bonds is 8. The van der Waals surface area contributed by atoms with Crippen molar-refractivity contribution in [2.24, 2.45) is 5.92 Å². The van der Waals surface area contributed by atoms with Crippen LogP contribution in [0.3, 0.4) is 0 Å². The lowest BCUT2D eigenvalue weighted by atomic mass is 9.81. The first-order valence-electron chi connectivity index (χ1n) is 10.5. The number of carbonyl (C=O) groups is 2. The van der Waals surface area contributed by atoms with Gasteiger partial charge in [0.05, 0.1) is 39.8 Å². The minimum absolute atomic E-state index is 0.0377. The van der Waals surface area contributed by atoms with E-state index in [1.165, 1.54) is 20.3 Å². The fourth-order valence-corrected chi connectivity index (χ4v) is 4.42. The summed E-state index contributed by atoms with van der Waals surface area (Å²) in [4.78, 5) is 25.6. The topological polar surface area (TPSA) is 112 Å². The molecule has 172 valence electrons. The van der Waals surface area contributed by atoms with E-state index in [-0.39, 0.29) is 42.6 Å². The van der Waals surface area contributed by atoms with Crippen LogP contribution in [0.15, 0.2) is 30.3 Å². The Morgan fingerprint density at radius 1 is 0.875 bits per heavy atom. The van der Waals surface area contributed by atoms with Crippen LogP contribution >= 0.6 is 0 Å². The van der Waals surface area contributed by atoms with Crippen LogP contribution in [0.4, 0.5) is 0 Å². The predicted molar refractivity (Wildman–Crippen MR) is 115 cm³/mol. The van der Waals surface area contributed by atoms with Crippen molar-refractivity contribution in [2.45, 2.75) is 32.1 Å². The van der Waals surface area contributed by atoms with Gasteiger partial charge in [-0.05, 0) is 54.8 Å². The summed E-state index contributed by atoms with van der Waals surface area (Å²) >= 11 is 0. The Kier molecular flexibility index (Phi) is 7.12. The summed E-state index contributed by atoms with van der Waals surface area (Å²) in [5, 5.41) is 20.5. The molecule has 3 unspecified atom stereocenters. The van der Waals surface area contributed by atoms with E-state index >= 15 is 0 Å². The number of ether oxygens (including phenoxy) is 4. The van der Waals surface area contributed by atoms with Gasteiger partial charge >= 0.3 is 11.9 Å². The van der Waals surface area contributed by atoms with Crippen LogP contribution in [0.2, 0.25) is 0 Å². The zero-order valence-electron chi connectivity index (χ0n) is 18.6. The molecule has 8 nitrogen and oxygen atoms in total. The molecule has 0 amide bonds. The molecule has 32 heavy (non-hydrogen) atoms. The molecule has 0 aromatic heterocycles. The number of esters is 2. The van der Waals surface area contributed by atoms with E-state index in [0.29, 0.717) is 16.7 Å². The van der Waals surface area contributed by atoms with Gasteiger partial charge in [-0.1, -0.05) is 6.07 Å². The van der Waals surface area contributed by atoms with E-state index in [1.807, 2.05) is 0 Å². The van der Waals surface area contributed by atoms with Crippen molar-refractivity contribution in [1.29, 1.82) is 0 Å². The number of hydrogen-bond acceptors (Lipinski definition) is 8. The third-order valence-corrected chi connectivity index (χ3v) is 5.73. The molecular weight excluding hydrogens is 416 g/mol. The second-order valence-electron chi connectivity index (χ2n) is 7.46. The van der Waals surface area contributed by atoms with Crippen molar-refractivity contribution >= 4 is 11.9 Å². The molecule has 2 N–H and O–H groups in total. The zero-order valence-corrected chi connectivity index (χ0v) is 18.6. The van der Waals surface area contributed by atoms with Crippen LogP contribution in [0.1, 0.15) is 48.8 Å². The fraction of sp³-hybridized carbons (Fsp3) is 0.417. The number of carbonyl (C=O) groups excluding carboxylic acids is 2. The summed E-state index contributed by atoms with van der Waals surface area (Å²) in [6.45, 7) is 3.83. The molecule has 2 aromatic carbocycles. The second-order valence-corrected chi connectivity index (χ2v) is 7.46. The number of fused-ring (bicyclic) bond motifs is 1. The standard InChI is InChI=1S/C24H28O8/c1-5-31-21(27)12-16-14-11-20(30-4)18(26)10-15(14)22(23(16)24(28)32-6-2)13-7-8-17(25)19(9-13)29-3/h7-11,16,22-23,25-26H,5-6,12H2,1-4H3. The molecule has 0 saturated carbocycles. The van der Waals surface area contributed by atoms with E-state index < -0.39 is 29.7 Å². The van der Waals surface area contributed by atoms with Gasteiger partial charge in [-0.15, -0.1) is 0 Å². The Morgan fingerprint density at radius 2 is 1.53 bits per heavy atom. The molecule has 0 spiro atoms. The molecule has 0 fully saturated rings. The lowest BCUT2D eigenvalue weighted by Crippen LogP contribution is -2.27. The highest BCUT2D eigenvalue weighted by molar-refractivity contribution is 5.81. The van der Waals surface area contributed by atoms with Gasteiger partial charge in [0.15, 0.2) is 23.0 Å². The lowest BCUT2D eigenvalue weighted by molar-refractivity contribution is -0.150. The molecule has 0 saturated heterocycles. The monoisotopic (exact) mass is 444 g/mol. The van der Waals surface area contributed by atoms with Gasteiger partial charge in [0.2, 0.25) is 0 Å². The molecule has 8 heteroatoms. The molecule has 1 aliphatic carbocycles. The molecule has 3 atom stereocenters. The number of methoxy groups -OCH3 is 2. The van der Waals surface area contributed by atoms with Crippen molar-refractivity contribution in [1.82, 2.24) is 0 Å². The molecule has 1 aliphatic rings. The quantitative estimate of drug-likeness (QED) is 0.596. The number of hydrogen-bond donors (Lipinski definition) is 2. The minimum atomic E-state index is -0.755. The molecule has 2 aromatic rings. The maximum Gasteiger partial charge on any atom is 0.310 e. The van der Waals surface area contributed by atoms with Gasteiger partial charge in [0.25, 0.3) is 0 Å². The largest absolute Gasteiger partial charge is 0.504 e. The number of benzene rings is 2. The molecule has 0 heterocycles.